The number of para-hydroxylation sites is 1. The summed E-state index contributed by atoms with van der Waals surface area (Å²) in [5.41, 5.74) is 1.60. The van der Waals surface area contributed by atoms with Crippen molar-refractivity contribution in [3.8, 4) is 5.75 Å². The minimum absolute atomic E-state index is 0.196. The van der Waals surface area contributed by atoms with Crippen LogP contribution in [-0.4, -0.2) is 6.61 Å². The van der Waals surface area contributed by atoms with E-state index in [9.17, 15) is 8.78 Å². The Balaban J connectivity index is 2.04. The van der Waals surface area contributed by atoms with Crippen LogP contribution in [0.15, 0.2) is 53.0 Å². The van der Waals surface area contributed by atoms with E-state index in [1.165, 1.54) is 6.07 Å². The molecule has 5 heteroatoms. The van der Waals surface area contributed by atoms with Gasteiger partial charge in [-0.25, -0.2) is 0 Å². The summed E-state index contributed by atoms with van der Waals surface area (Å²) in [6, 6.07) is 14.4. The minimum Gasteiger partial charge on any atom is -0.434 e. The van der Waals surface area contributed by atoms with E-state index in [0.29, 0.717) is 12.1 Å². The van der Waals surface area contributed by atoms with Gasteiger partial charge < -0.3 is 10.1 Å². The Bertz CT molecular complexity index is 531. The number of benzene rings is 2. The van der Waals surface area contributed by atoms with E-state index in [-0.39, 0.29) is 5.75 Å². The molecule has 2 aromatic carbocycles. The van der Waals surface area contributed by atoms with Gasteiger partial charge >= 0.3 is 6.61 Å². The molecule has 0 atom stereocenters. The summed E-state index contributed by atoms with van der Waals surface area (Å²) in [5.74, 6) is 0.196. The quantitative estimate of drug-likeness (QED) is 0.862. The molecule has 0 aliphatic heterocycles. The van der Waals surface area contributed by atoms with Gasteiger partial charge in [0.2, 0.25) is 0 Å². The second kappa shape index (κ2) is 6.52. The number of hydrogen-bond acceptors (Lipinski definition) is 2. The summed E-state index contributed by atoms with van der Waals surface area (Å²) in [4.78, 5) is 0. The zero-order valence-corrected chi connectivity index (χ0v) is 11.5. The smallest absolute Gasteiger partial charge is 0.387 e. The van der Waals surface area contributed by atoms with Gasteiger partial charge in [0.15, 0.2) is 0 Å². The van der Waals surface area contributed by atoms with Gasteiger partial charge in [0.05, 0.1) is 0 Å². The highest BCUT2D eigenvalue weighted by molar-refractivity contribution is 9.10. The number of halogens is 3. The number of hydrogen-bond donors (Lipinski definition) is 1. The average molecular weight is 328 g/mol. The molecule has 0 spiro atoms. The topological polar surface area (TPSA) is 21.3 Å². The van der Waals surface area contributed by atoms with Gasteiger partial charge in [-0.3, -0.25) is 0 Å². The normalized spacial score (nSPS) is 10.5. The van der Waals surface area contributed by atoms with E-state index in [2.05, 4.69) is 26.0 Å². The molecular weight excluding hydrogens is 316 g/mol. The SMILES string of the molecule is FC(F)Oc1ccccc1CNc1ccc(Br)cc1. The Labute approximate surface area is 118 Å². The number of nitrogens with one attached hydrogen (secondary N) is 1. The third kappa shape index (κ3) is 4.21. The van der Waals surface area contributed by atoms with Gasteiger partial charge in [0.25, 0.3) is 0 Å². The lowest BCUT2D eigenvalue weighted by molar-refractivity contribution is -0.0504. The van der Waals surface area contributed by atoms with Crippen molar-refractivity contribution in [3.63, 3.8) is 0 Å². The predicted molar refractivity (Wildman–Crippen MR) is 74.5 cm³/mol. The molecule has 0 heterocycles. The van der Waals surface area contributed by atoms with E-state index in [1.54, 1.807) is 18.2 Å². The molecule has 0 amide bonds. The summed E-state index contributed by atoms with van der Waals surface area (Å²) in [5, 5.41) is 3.16. The van der Waals surface area contributed by atoms with Gasteiger partial charge in [-0.1, -0.05) is 34.1 Å². The van der Waals surface area contributed by atoms with Gasteiger partial charge in [0.1, 0.15) is 5.75 Å². The third-order valence-corrected chi connectivity index (χ3v) is 3.04. The van der Waals surface area contributed by atoms with Crippen LogP contribution >= 0.6 is 15.9 Å². The van der Waals surface area contributed by atoms with E-state index in [4.69, 9.17) is 0 Å². The average Bonchev–Trinajstić information content (AvgIpc) is 2.39. The summed E-state index contributed by atoms with van der Waals surface area (Å²) >= 11 is 3.35. The Hall–Kier alpha value is -1.62. The third-order valence-electron chi connectivity index (χ3n) is 2.52. The van der Waals surface area contributed by atoms with Crippen molar-refractivity contribution >= 4 is 21.6 Å². The summed E-state index contributed by atoms with van der Waals surface area (Å²) in [7, 11) is 0. The van der Waals surface area contributed by atoms with Crippen LogP contribution in [0.2, 0.25) is 0 Å². The molecule has 1 N–H and O–H groups in total. The molecule has 0 fully saturated rings. The number of alkyl halides is 2. The first-order chi connectivity index (χ1) is 9.15. The maximum absolute atomic E-state index is 12.3. The molecule has 100 valence electrons. The van der Waals surface area contributed by atoms with Crippen LogP contribution in [0.1, 0.15) is 5.56 Å². The molecule has 2 rings (SSSR count). The Morgan fingerprint density at radius 3 is 2.42 bits per heavy atom. The molecule has 0 bridgehead atoms. The summed E-state index contributed by atoms with van der Waals surface area (Å²) < 4.78 is 30.0. The molecule has 0 aliphatic carbocycles. The van der Waals surface area contributed by atoms with Crippen molar-refractivity contribution in [2.45, 2.75) is 13.2 Å². The van der Waals surface area contributed by atoms with Crippen LogP contribution in [0.5, 0.6) is 5.75 Å². The highest BCUT2D eigenvalue weighted by atomic mass is 79.9. The molecule has 0 radical (unpaired) electrons. The lowest BCUT2D eigenvalue weighted by atomic mass is 10.2. The number of anilines is 1. The summed E-state index contributed by atoms with van der Waals surface area (Å²) in [6.07, 6.45) is 0. The van der Waals surface area contributed by atoms with E-state index in [1.807, 2.05) is 24.3 Å². The molecule has 2 nitrogen and oxygen atoms in total. The fourth-order valence-electron chi connectivity index (χ4n) is 1.63. The lowest BCUT2D eigenvalue weighted by Gasteiger charge is -2.12. The molecule has 2 aromatic rings. The maximum Gasteiger partial charge on any atom is 0.387 e. The largest absolute Gasteiger partial charge is 0.434 e. The molecule has 0 unspecified atom stereocenters. The minimum atomic E-state index is -2.81. The standard InChI is InChI=1S/C14H12BrF2NO/c15-11-5-7-12(8-6-11)18-9-10-3-1-2-4-13(10)19-14(16)17/h1-8,14,18H,9H2. The van der Waals surface area contributed by atoms with Crippen LogP contribution in [0, 0.1) is 0 Å². The highest BCUT2D eigenvalue weighted by Crippen LogP contribution is 2.22. The zero-order valence-electron chi connectivity index (χ0n) is 9.95. The number of ether oxygens (including phenoxy) is 1. The fourth-order valence-corrected chi connectivity index (χ4v) is 1.89. The van der Waals surface area contributed by atoms with Crippen molar-refractivity contribution < 1.29 is 13.5 Å². The van der Waals surface area contributed by atoms with Crippen LogP contribution in [-0.2, 0) is 6.54 Å². The maximum atomic E-state index is 12.3. The van der Waals surface area contributed by atoms with Crippen LogP contribution in [0.25, 0.3) is 0 Å². The molecule has 0 aliphatic rings. The zero-order chi connectivity index (χ0) is 13.7. The van der Waals surface area contributed by atoms with E-state index >= 15 is 0 Å². The van der Waals surface area contributed by atoms with Gasteiger partial charge in [0, 0.05) is 22.3 Å². The van der Waals surface area contributed by atoms with E-state index in [0.717, 1.165) is 10.2 Å². The van der Waals surface area contributed by atoms with E-state index < -0.39 is 6.61 Å². The van der Waals surface area contributed by atoms with Crippen LogP contribution < -0.4 is 10.1 Å². The summed E-state index contributed by atoms with van der Waals surface area (Å²) in [6.45, 7) is -2.39. The van der Waals surface area contributed by atoms with Gasteiger partial charge in [-0.05, 0) is 30.3 Å². The van der Waals surface area contributed by atoms with Crippen molar-refractivity contribution in [3.05, 3.63) is 58.6 Å². The first-order valence-electron chi connectivity index (χ1n) is 5.67. The van der Waals surface area contributed by atoms with Crippen molar-refractivity contribution in [2.24, 2.45) is 0 Å². The van der Waals surface area contributed by atoms with Crippen molar-refractivity contribution in [1.29, 1.82) is 0 Å². The van der Waals surface area contributed by atoms with Gasteiger partial charge in [-0.2, -0.15) is 8.78 Å². The van der Waals surface area contributed by atoms with Gasteiger partial charge in [-0.15, -0.1) is 0 Å². The van der Waals surface area contributed by atoms with Crippen LogP contribution in [0.4, 0.5) is 14.5 Å². The number of rotatable bonds is 5. The highest BCUT2D eigenvalue weighted by Gasteiger charge is 2.08. The second-order valence-corrected chi connectivity index (χ2v) is 4.76. The second-order valence-electron chi connectivity index (χ2n) is 3.85. The molecule has 0 saturated heterocycles. The van der Waals surface area contributed by atoms with Crippen molar-refractivity contribution in [1.82, 2.24) is 0 Å². The molecular formula is C14H12BrF2NO. The Kier molecular flexibility index (Phi) is 4.74. The Morgan fingerprint density at radius 1 is 1.05 bits per heavy atom. The van der Waals surface area contributed by atoms with Crippen LogP contribution in [0.3, 0.4) is 0 Å². The predicted octanol–water partition coefficient (Wildman–Crippen LogP) is 4.66. The molecule has 0 aromatic heterocycles. The molecule has 19 heavy (non-hydrogen) atoms. The first-order valence-corrected chi connectivity index (χ1v) is 6.46. The fraction of sp³-hybridized carbons (Fsp3) is 0.143. The Morgan fingerprint density at radius 2 is 1.74 bits per heavy atom. The molecule has 0 saturated carbocycles. The monoisotopic (exact) mass is 327 g/mol. The van der Waals surface area contributed by atoms with Crippen molar-refractivity contribution in [2.75, 3.05) is 5.32 Å². The first kappa shape index (κ1) is 13.8. The lowest BCUT2D eigenvalue weighted by Crippen LogP contribution is -2.07.